The van der Waals surface area contributed by atoms with Crippen LogP contribution < -0.4 is 4.74 Å². The summed E-state index contributed by atoms with van der Waals surface area (Å²) in [4.78, 5) is 1.13. The monoisotopic (exact) mass is 270 g/mol. The van der Waals surface area contributed by atoms with Gasteiger partial charge in [0.1, 0.15) is 11.6 Å². The Morgan fingerprint density at radius 1 is 1.35 bits per heavy atom. The number of alkyl halides is 1. The van der Waals surface area contributed by atoms with E-state index in [0.29, 0.717) is 17.7 Å². The van der Waals surface area contributed by atoms with Crippen LogP contribution in [-0.4, -0.2) is 7.11 Å². The van der Waals surface area contributed by atoms with E-state index in [1.54, 1.807) is 23.5 Å². The molecule has 0 bridgehead atoms. The lowest BCUT2D eigenvalue weighted by molar-refractivity contribution is 0.403. The minimum atomic E-state index is -0.412. The molecule has 2 aromatic rings. The summed E-state index contributed by atoms with van der Waals surface area (Å²) in [6, 6.07) is 8.70. The van der Waals surface area contributed by atoms with Gasteiger partial charge in [0.2, 0.25) is 0 Å². The number of halogens is 2. The summed E-state index contributed by atoms with van der Waals surface area (Å²) >= 11 is 7.89. The molecule has 2 rings (SSSR count). The highest BCUT2D eigenvalue weighted by Crippen LogP contribution is 2.35. The molecule has 0 aliphatic heterocycles. The second-order valence-electron chi connectivity index (χ2n) is 3.61. The Labute approximate surface area is 109 Å². The predicted molar refractivity (Wildman–Crippen MR) is 69.6 cm³/mol. The van der Waals surface area contributed by atoms with Crippen molar-refractivity contribution in [2.45, 2.75) is 11.8 Å². The van der Waals surface area contributed by atoms with Crippen molar-refractivity contribution in [3.05, 3.63) is 52.0 Å². The molecule has 0 saturated carbocycles. The topological polar surface area (TPSA) is 9.23 Å². The first kappa shape index (κ1) is 12.4. The lowest BCUT2D eigenvalue weighted by Crippen LogP contribution is -2.01. The van der Waals surface area contributed by atoms with Crippen molar-refractivity contribution in [2.24, 2.45) is 0 Å². The van der Waals surface area contributed by atoms with Crippen molar-refractivity contribution in [3.8, 4) is 5.75 Å². The van der Waals surface area contributed by atoms with Crippen LogP contribution in [0.1, 0.15) is 15.8 Å². The number of benzene rings is 1. The van der Waals surface area contributed by atoms with Crippen molar-refractivity contribution in [1.82, 2.24) is 0 Å². The summed E-state index contributed by atoms with van der Waals surface area (Å²) in [5.41, 5.74) is 0.435. The minimum Gasteiger partial charge on any atom is -0.496 e. The van der Waals surface area contributed by atoms with Crippen molar-refractivity contribution in [3.63, 3.8) is 0 Å². The molecule has 0 aliphatic carbocycles. The molecule has 17 heavy (non-hydrogen) atoms. The summed E-state index contributed by atoms with van der Waals surface area (Å²) in [5, 5.41) is 1.57. The maximum absolute atomic E-state index is 13.8. The number of thiophene rings is 1. The fraction of sp³-hybridized carbons (Fsp3) is 0.231. The summed E-state index contributed by atoms with van der Waals surface area (Å²) in [7, 11) is 1.52. The lowest BCUT2D eigenvalue weighted by atomic mass is 10.1. The Morgan fingerprint density at radius 2 is 2.18 bits per heavy atom. The summed E-state index contributed by atoms with van der Waals surface area (Å²) < 4.78 is 18.9. The molecule has 1 heterocycles. The third kappa shape index (κ3) is 2.79. The van der Waals surface area contributed by atoms with E-state index in [-0.39, 0.29) is 5.82 Å². The fourth-order valence-corrected chi connectivity index (χ4v) is 2.93. The van der Waals surface area contributed by atoms with Gasteiger partial charge in [-0.2, -0.15) is 0 Å². The molecule has 1 nitrogen and oxygen atoms in total. The zero-order valence-electron chi connectivity index (χ0n) is 9.32. The molecule has 0 N–H and O–H groups in total. The molecule has 1 unspecified atom stereocenters. The Bertz CT molecular complexity index is 484. The first-order valence-electron chi connectivity index (χ1n) is 5.21. The van der Waals surface area contributed by atoms with E-state index in [9.17, 15) is 4.39 Å². The molecule has 0 saturated heterocycles. The van der Waals surface area contributed by atoms with Crippen LogP contribution in [-0.2, 0) is 6.42 Å². The Balaban J connectivity index is 2.26. The highest BCUT2D eigenvalue weighted by atomic mass is 35.5. The van der Waals surface area contributed by atoms with E-state index >= 15 is 0 Å². The van der Waals surface area contributed by atoms with Gasteiger partial charge in [0.15, 0.2) is 0 Å². The molecular weight excluding hydrogens is 259 g/mol. The van der Waals surface area contributed by atoms with Crippen molar-refractivity contribution < 1.29 is 9.13 Å². The van der Waals surface area contributed by atoms with Crippen molar-refractivity contribution in [2.75, 3.05) is 7.11 Å². The molecule has 0 fully saturated rings. The number of methoxy groups -OCH3 is 1. The lowest BCUT2D eigenvalue weighted by Gasteiger charge is -2.14. The van der Waals surface area contributed by atoms with E-state index in [0.717, 1.165) is 4.88 Å². The van der Waals surface area contributed by atoms with Gasteiger partial charge in [0.25, 0.3) is 0 Å². The van der Waals surface area contributed by atoms with Crippen LogP contribution in [0, 0.1) is 5.82 Å². The molecule has 1 aromatic heterocycles. The number of hydrogen-bond acceptors (Lipinski definition) is 2. The Kier molecular flexibility index (Phi) is 4.02. The van der Waals surface area contributed by atoms with Gasteiger partial charge in [-0.3, -0.25) is 0 Å². The normalized spacial score (nSPS) is 12.4. The Morgan fingerprint density at radius 3 is 2.82 bits per heavy atom. The molecule has 1 aromatic carbocycles. The third-order valence-corrected chi connectivity index (χ3v) is 3.78. The molecule has 90 valence electrons. The zero-order valence-corrected chi connectivity index (χ0v) is 10.9. The average molecular weight is 271 g/mol. The van der Waals surface area contributed by atoms with E-state index < -0.39 is 5.38 Å². The summed E-state index contributed by atoms with van der Waals surface area (Å²) in [5.74, 6) is 0.183. The molecule has 1 atom stereocenters. The van der Waals surface area contributed by atoms with Crippen molar-refractivity contribution >= 4 is 22.9 Å². The maximum atomic E-state index is 13.8. The maximum Gasteiger partial charge on any atom is 0.131 e. The molecule has 0 spiro atoms. The first-order valence-corrected chi connectivity index (χ1v) is 6.53. The van der Waals surface area contributed by atoms with Crippen LogP contribution in [0.25, 0.3) is 0 Å². The second-order valence-corrected chi connectivity index (χ2v) is 5.17. The second kappa shape index (κ2) is 5.52. The van der Waals surface area contributed by atoms with Gasteiger partial charge in [-0.05, 0) is 23.6 Å². The van der Waals surface area contributed by atoms with Crippen LogP contribution in [0.15, 0.2) is 35.7 Å². The minimum absolute atomic E-state index is 0.319. The van der Waals surface area contributed by atoms with E-state index in [1.807, 2.05) is 17.5 Å². The largest absolute Gasteiger partial charge is 0.496 e. The van der Waals surface area contributed by atoms with E-state index in [4.69, 9.17) is 16.3 Å². The summed E-state index contributed by atoms with van der Waals surface area (Å²) in [6.45, 7) is 0. The molecular formula is C13H12ClFOS. The molecule has 0 aliphatic rings. The highest BCUT2D eigenvalue weighted by Gasteiger charge is 2.18. The average Bonchev–Trinajstić information content (AvgIpc) is 2.81. The zero-order chi connectivity index (χ0) is 12.3. The number of ether oxygens (including phenoxy) is 1. The van der Waals surface area contributed by atoms with Gasteiger partial charge in [-0.15, -0.1) is 22.9 Å². The summed E-state index contributed by atoms with van der Waals surface area (Å²) in [6.07, 6.45) is 0.608. The van der Waals surface area contributed by atoms with Gasteiger partial charge in [-0.25, -0.2) is 4.39 Å². The van der Waals surface area contributed by atoms with Crippen LogP contribution >= 0.6 is 22.9 Å². The fourth-order valence-electron chi connectivity index (χ4n) is 1.71. The number of rotatable bonds is 4. The Hall–Kier alpha value is -1.06. The third-order valence-electron chi connectivity index (χ3n) is 2.51. The van der Waals surface area contributed by atoms with Crippen LogP contribution in [0.5, 0.6) is 5.75 Å². The van der Waals surface area contributed by atoms with Crippen molar-refractivity contribution in [1.29, 1.82) is 0 Å². The van der Waals surface area contributed by atoms with Gasteiger partial charge in [0.05, 0.1) is 12.5 Å². The smallest absolute Gasteiger partial charge is 0.131 e. The van der Waals surface area contributed by atoms with Gasteiger partial charge in [0, 0.05) is 16.9 Å². The first-order chi connectivity index (χ1) is 8.22. The standard InChI is InChI=1S/C13H12ClFOS/c1-16-12-6-2-5-11(15)13(12)10(14)8-9-4-3-7-17-9/h2-7,10H,8H2,1H3. The SMILES string of the molecule is COc1cccc(F)c1C(Cl)Cc1cccs1. The van der Waals surface area contributed by atoms with Crippen LogP contribution in [0.2, 0.25) is 0 Å². The van der Waals surface area contributed by atoms with Gasteiger partial charge in [-0.1, -0.05) is 12.1 Å². The van der Waals surface area contributed by atoms with Gasteiger partial charge >= 0.3 is 0 Å². The van der Waals surface area contributed by atoms with E-state index in [1.165, 1.54) is 13.2 Å². The molecule has 0 amide bonds. The quantitative estimate of drug-likeness (QED) is 0.748. The molecule has 4 heteroatoms. The van der Waals surface area contributed by atoms with E-state index in [2.05, 4.69) is 0 Å². The van der Waals surface area contributed by atoms with Gasteiger partial charge < -0.3 is 4.74 Å². The van der Waals surface area contributed by atoms with Crippen LogP contribution in [0.4, 0.5) is 4.39 Å². The predicted octanol–water partition coefficient (Wildman–Crippen LogP) is 4.42. The number of hydrogen-bond donors (Lipinski definition) is 0. The molecule has 0 radical (unpaired) electrons. The highest BCUT2D eigenvalue weighted by molar-refractivity contribution is 7.09. The van der Waals surface area contributed by atoms with Crippen LogP contribution in [0.3, 0.4) is 0 Å².